The number of carbonyl (C=O) groups is 1. The Morgan fingerprint density at radius 3 is 2.21 bits per heavy atom. The van der Waals surface area contributed by atoms with Crippen molar-refractivity contribution < 1.29 is 4.79 Å². The smallest absolute Gasteiger partial charge is 0.251 e. The highest BCUT2D eigenvalue weighted by Crippen LogP contribution is 2.06. The SMILES string of the molecule is C[C@@H](CCc1ccccc1)NC(=O)c1ccccc1. The summed E-state index contributed by atoms with van der Waals surface area (Å²) in [5, 5.41) is 3.03. The quantitative estimate of drug-likeness (QED) is 0.869. The largest absolute Gasteiger partial charge is 0.350 e. The number of rotatable bonds is 5. The van der Waals surface area contributed by atoms with Gasteiger partial charge in [-0.05, 0) is 37.5 Å². The van der Waals surface area contributed by atoms with Gasteiger partial charge in [-0.1, -0.05) is 48.5 Å². The van der Waals surface area contributed by atoms with Crippen molar-refractivity contribution >= 4 is 5.91 Å². The van der Waals surface area contributed by atoms with E-state index in [4.69, 9.17) is 0 Å². The van der Waals surface area contributed by atoms with E-state index >= 15 is 0 Å². The van der Waals surface area contributed by atoms with E-state index in [2.05, 4.69) is 17.4 Å². The highest BCUT2D eigenvalue weighted by Gasteiger charge is 2.08. The Morgan fingerprint density at radius 1 is 1.00 bits per heavy atom. The summed E-state index contributed by atoms with van der Waals surface area (Å²) >= 11 is 0. The molecule has 0 unspecified atom stereocenters. The number of benzene rings is 2. The molecule has 19 heavy (non-hydrogen) atoms. The zero-order chi connectivity index (χ0) is 13.5. The minimum Gasteiger partial charge on any atom is -0.350 e. The summed E-state index contributed by atoms with van der Waals surface area (Å²) in [6.45, 7) is 2.05. The van der Waals surface area contributed by atoms with Crippen molar-refractivity contribution in [3.05, 3.63) is 71.8 Å². The number of aryl methyl sites for hydroxylation is 1. The lowest BCUT2D eigenvalue weighted by atomic mass is 10.1. The van der Waals surface area contributed by atoms with E-state index in [0.29, 0.717) is 5.56 Å². The van der Waals surface area contributed by atoms with Crippen molar-refractivity contribution in [2.75, 3.05) is 0 Å². The fourth-order valence-corrected chi connectivity index (χ4v) is 2.00. The molecule has 0 aliphatic carbocycles. The second-order valence-electron chi connectivity index (χ2n) is 4.76. The molecule has 1 N–H and O–H groups in total. The van der Waals surface area contributed by atoms with Crippen LogP contribution in [0.4, 0.5) is 0 Å². The zero-order valence-corrected chi connectivity index (χ0v) is 11.2. The molecular formula is C17H19NO. The van der Waals surface area contributed by atoms with E-state index in [-0.39, 0.29) is 11.9 Å². The Balaban J connectivity index is 1.81. The highest BCUT2D eigenvalue weighted by atomic mass is 16.1. The monoisotopic (exact) mass is 253 g/mol. The Hall–Kier alpha value is -2.09. The van der Waals surface area contributed by atoms with Crippen LogP contribution in [-0.4, -0.2) is 11.9 Å². The van der Waals surface area contributed by atoms with Gasteiger partial charge in [0.15, 0.2) is 0 Å². The van der Waals surface area contributed by atoms with Crippen LogP contribution in [0.2, 0.25) is 0 Å². The maximum absolute atomic E-state index is 12.0. The van der Waals surface area contributed by atoms with Crippen LogP contribution in [0.5, 0.6) is 0 Å². The molecule has 2 aromatic carbocycles. The third-order valence-corrected chi connectivity index (χ3v) is 3.12. The van der Waals surface area contributed by atoms with Crippen LogP contribution in [0.15, 0.2) is 60.7 Å². The number of carbonyl (C=O) groups excluding carboxylic acids is 1. The van der Waals surface area contributed by atoms with Crippen molar-refractivity contribution in [2.45, 2.75) is 25.8 Å². The minimum atomic E-state index is 0.00108. The van der Waals surface area contributed by atoms with E-state index in [1.54, 1.807) is 0 Å². The first-order valence-electron chi connectivity index (χ1n) is 6.65. The second kappa shape index (κ2) is 6.74. The van der Waals surface area contributed by atoms with Crippen LogP contribution in [-0.2, 0) is 6.42 Å². The molecular weight excluding hydrogens is 234 g/mol. The minimum absolute atomic E-state index is 0.00108. The van der Waals surface area contributed by atoms with Gasteiger partial charge in [-0.3, -0.25) is 4.79 Å². The predicted molar refractivity (Wildman–Crippen MR) is 78.1 cm³/mol. The molecule has 98 valence electrons. The fourth-order valence-electron chi connectivity index (χ4n) is 2.00. The van der Waals surface area contributed by atoms with Crippen LogP contribution < -0.4 is 5.32 Å². The molecule has 2 heteroatoms. The molecule has 1 amide bonds. The van der Waals surface area contributed by atoms with E-state index in [0.717, 1.165) is 12.8 Å². The van der Waals surface area contributed by atoms with Crippen molar-refractivity contribution in [2.24, 2.45) is 0 Å². The van der Waals surface area contributed by atoms with Gasteiger partial charge in [-0.15, -0.1) is 0 Å². The Kier molecular flexibility index (Phi) is 4.73. The maximum atomic E-state index is 12.0. The Morgan fingerprint density at radius 2 is 1.58 bits per heavy atom. The van der Waals surface area contributed by atoms with Gasteiger partial charge >= 0.3 is 0 Å². The molecule has 0 saturated heterocycles. The second-order valence-corrected chi connectivity index (χ2v) is 4.76. The molecule has 2 aromatic rings. The standard InChI is InChI=1S/C17H19NO/c1-14(12-13-15-8-4-2-5-9-15)18-17(19)16-10-6-3-7-11-16/h2-11,14H,12-13H2,1H3,(H,18,19)/t14-/m0/s1. The molecule has 0 spiro atoms. The first-order chi connectivity index (χ1) is 9.25. The van der Waals surface area contributed by atoms with E-state index in [1.807, 2.05) is 55.5 Å². The Labute approximate surface area is 114 Å². The maximum Gasteiger partial charge on any atom is 0.251 e. The van der Waals surface area contributed by atoms with E-state index in [1.165, 1.54) is 5.56 Å². The average molecular weight is 253 g/mol. The number of hydrogen-bond donors (Lipinski definition) is 1. The van der Waals surface area contributed by atoms with Gasteiger partial charge in [0.05, 0.1) is 0 Å². The van der Waals surface area contributed by atoms with Crippen LogP contribution in [0.25, 0.3) is 0 Å². The van der Waals surface area contributed by atoms with Crippen molar-refractivity contribution in [1.82, 2.24) is 5.32 Å². The summed E-state index contributed by atoms with van der Waals surface area (Å²) in [5.41, 5.74) is 2.03. The number of amides is 1. The van der Waals surface area contributed by atoms with E-state index in [9.17, 15) is 4.79 Å². The third-order valence-electron chi connectivity index (χ3n) is 3.12. The van der Waals surface area contributed by atoms with Crippen molar-refractivity contribution in [1.29, 1.82) is 0 Å². The van der Waals surface area contributed by atoms with Crippen molar-refractivity contribution in [3.63, 3.8) is 0 Å². The van der Waals surface area contributed by atoms with Gasteiger partial charge in [-0.25, -0.2) is 0 Å². The summed E-state index contributed by atoms with van der Waals surface area (Å²) in [6, 6.07) is 19.8. The summed E-state index contributed by atoms with van der Waals surface area (Å²) in [5.74, 6) is 0.00108. The van der Waals surface area contributed by atoms with E-state index < -0.39 is 0 Å². The molecule has 0 aliphatic rings. The van der Waals surface area contributed by atoms with Gasteiger partial charge < -0.3 is 5.32 Å². The van der Waals surface area contributed by atoms with Gasteiger partial charge in [0.2, 0.25) is 0 Å². The molecule has 0 radical (unpaired) electrons. The summed E-state index contributed by atoms with van der Waals surface area (Å²) in [6.07, 6.45) is 1.93. The molecule has 2 nitrogen and oxygen atoms in total. The fraction of sp³-hybridized carbons (Fsp3) is 0.235. The first kappa shape index (κ1) is 13.3. The molecule has 0 bridgehead atoms. The predicted octanol–water partition coefficient (Wildman–Crippen LogP) is 3.44. The average Bonchev–Trinajstić information content (AvgIpc) is 2.47. The molecule has 0 aliphatic heterocycles. The van der Waals surface area contributed by atoms with Crippen LogP contribution in [0.3, 0.4) is 0 Å². The molecule has 0 aromatic heterocycles. The molecule has 2 rings (SSSR count). The highest BCUT2D eigenvalue weighted by molar-refractivity contribution is 5.94. The summed E-state index contributed by atoms with van der Waals surface area (Å²) < 4.78 is 0. The number of hydrogen-bond acceptors (Lipinski definition) is 1. The summed E-state index contributed by atoms with van der Waals surface area (Å²) in [7, 11) is 0. The summed E-state index contributed by atoms with van der Waals surface area (Å²) in [4.78, 5) is 12.0. The molecule has 0 fully saturated rings. The Bertz CT molecular complexity index is 507. The van der Waals surface area contributed by atoms with Gasteiger partial charge in [-0.2, -0.15) is 0 Å². The van der Waals surface area contributed by atoms with Crippen LogP contribution in [0, 0.1) is 0 Å². The lowest BCUT2D eigenvalue weighted by Crippen LogP contribution is -2.32. The normalized spacial score (nSPS) is 11.8. The topological polar surface area (TPSA) is 29.1 Å². The molecule has 0 heterocycles. The van der Waals surface area contributed by atoms with Crippen LogP contribution >= 0.6 is 0 Å². The third kappa shape index (κ3) is 4.25. The lowest BCUT2D eigenvalue weighted by molar-refractivity contribution is 0.0938. The molecule has 1 atom stereocenters. The van der Waals surface area contributed by atoms with Gasteiger partial charge in [0.1, 0.15) is 0 Å². The first-order valence-corrected chi connectivity index (χ1v) is 6.65. The molecule has 0 saturated carbocycles. The van der Waals surface area contributed by atoms with Gasteiger partial charge in [0.25, 0.3) is 5.91 Å². The van der Waals surface area contributed by atoms with Gasteiger partial charge in [0, 0.05) is 11.6 Å². The number of nitrogens with one attached hydrogen (secondary N) is 1. The van der Waals surface area contributed by atoms with Crippen molar-refractivity contribution in [3.8, 4) is 0 Å². The lowest BCUT2D eigenvalue weighted by Gasteiger charge is -2.13. The van der Waals surface area contributed by atoms with Crippen LogP contribution in [0.1, 0.15) is 29.3 Å². The zero-order valence-electron chi connectivity index (χ0n) is 11.2.